The van der Waals surface area contributed by atoms with Crippen LogP contribution in [0.25, 0.3) is 33.4 Å². The molecule has 0 radical (unpaired) electrons. The second kappa shape index (κ2) is 6.35. The average molecular weight is 407 g/mol. The van der Waals surface area contributed by atoms with Gasteiger partial charge in [-0.1, -0.05) is 12.6 Å². The number of hydrogen-bond donors (Lipinski definition) is 1. The van der Waals surface area contributed by atoms with Gasteiger partial charge in [-0.3, -0.25) is 19.4 Å². The van der Waals surface area contributed by atoms with Gasteiger partial charge in [-0.2, -0.15) is 5.10 Å². The zero-order valence-corrected chi connectivity index (χ0v) is 17.2. The van der Waals surface area contributed by atoms with Crippen LogP contribution >= 0.6 is 0 Å². The number of carbonyl (C=O) groups excluding carboxylic acids is 1. The van der Waals surface area contributed by atoms with Crippen LogP contribution in [-0.4, -0.2) is 25.7 Å². The van der Waals surface area contributed by atoms with Crippen molar-refractivity contribution in [2.24, 2.45) is 5.73 Å². The number of nitrogens with zero attached hydrogens (tertiary/aromatic N) is 4. The normalized spacial score (nSPS) is 19.2. The molecule has 0 saturated heterocycles. The van der Waals surface area contributed by atoms with Gasteiger partial charge in [0, 0.05) is 34.3 Å². The van der Waals surface area contributed by atoms with Gasteiger partial charge in [0.25, 0.3) is 0 Å². The van der Waals surface area contributed by atoms with Crippen molar-refractivity contribution in [2.75, 3.05) is 0 Å². The molecule has 3 aromatic heterocycles. The maximum absolute atomic E-state index is 11.9. The van der Waals surface area contributed by atoms with Gasteiger partial charge in [-0.15, -0.1) is 0 Å². The summed E-state index contributed by atoms with van der Waals surface area (Å²) in [5, 5.41) is 5.94. The molecule has 0 spiro atoms. The molecule has 6 rings (SSSR count). The first-order valence-corrected chi connectivity index (χ1v) is 10.5. The Morgan fingerprint density at radius 2 is 2.06 bits per heavy atom. The molecule has 4 aromatic rings. The largest absolute Gasteiger partial charge is 0.366 e. The molecule has 1 saturated carbocycles. The van der Waals surface area contributed by atoms with E-state index < -0.39 is 5.91 Å². The van der Waals surface area contributed by atoms with Crippen LogP contribution in [-0.2, 0) is 0 Å². The maximum atomic E-state index is 11.9. The van der Waals surface area contributed by atoms with Gasteiger partial charge in [0.1, 0.15) is 5.69 Å². The molecule has 1 amide bonds. The van der Waals surface area contributed by atoms with Crippen molar-refractivity contribution < 1.29 is 4.79 Å². The third kappa shape index (κ3) is 2.51. The number of pyridine rings is 2. The molecule has 1 fully saturated rings. The molecule has 2 aliphatic rings. The van der Waals surface area contributed by atoms with Crippen LogP contribution in [0.3, 0.4) is 0 Å². The lowest BCUT2D eigenvalue weighted by Crippen LogP contribution is -2.10. The number of benzene rings is 1. The smallest absolute Gasteiger partial charge is 0.248 e. The highest BCUT2D eigenvalue weighted by molar-refractivity contribution is 6.03. The standard InChI is InChI=1S/C25H21N5O/c1-13-4-3-5-20(28-13)23-22(24-16-7-9-21(14(16)2)30(24)29-23)17-10-11-27-19-8-6-15(25(26)31)12-18(17)19/h3-6,8,10-12,16,21H,2,7,9H2,1H3,(H2,26,31)/t16-,21+/m0/s1. The Morgan fingerprint density at radius 3 is 2.87 bits per heavy atom. The van der Waals surface area contributed by atoms with Crippen molar-refractivity contribution in [1.29, 1.82) is 0 Å². The minimum absolute atomic E-state index is 0.242. The van der Waals surface area contributed by atoms with Crippen molar-refractivity contribution in [3.8, 4) is 22.5 Å². The van der Waals surface area contributed by atoms with Crippen LogP contribution in [0.15, 0.2) is 60.8 Å². The van der Waals surface area contributed by atoms with E-state index in [1.807, 2.05) is 43.3 Å². The molecular formula is C25H21N5O. The molecule has 4 heterocycles. The van der Waals surface area contributed by atoms with Crippen LogP contribution in [0.2, 0.25) is 0 Å². The summed E-state index contributed by atoms with van der Waals surface area (Å²) in [5.41, 5.74) is 14.0. The Labute approximate surface area is 179 Å². The lowest BCUT2D eigenvalue weighted by Gasteiger charge is -2.15. The number of fused-ring (bicyclic) bond motifs is 6. The van der Waals surface area contributed by atoms with E-state index in [0.29, 0.717) is 5.56 Å². The van der Waals surface area contributed by atoms with Gasteiger partial charge in [0.15, 0.2) is 0 Å². The Balaban J connectivity index is 1.70. The van der Waals surface area contributed by atoms with Gasteiger partial charge < -0.3 is 5.73 Å². The SMILES string of the molecule is C=C1[C@H]2CC[C@@H]1c1c(-c3ccnc4ccc(C(N)=O)cc34)c(-c3cccc(C)n3)nn12. The van der Waals surface area contributed by atoms with E-state index in [1.54, 1.807) is 12.3 Å². The van der Waals surface area contributed by atoms with Crippen LogP contribution in [0.4, 0.5) is 0 Å². The Kier molecular flexibility index (Phi) is 3.69. The number of hydrogen-bond acceptors (Lipinski definition) is 4. The summed E-state index contributed by atoms with van der Waals surface area (Å²) in [6.45, 7) is 6.35. The topological polar surface area (TPSA) is 86.7 Å². The fraction of sp³-hybridized carbons (Fsp3) is 0.200. The predicted molar refractivity (Wildman–Crippen MR) is 120 cm³/mol. The van der Waals surface area contributed by atoms with E-state index in [9.17, 15) is 4.79 Å². The summed E-state index contributed by atoms with van der Waals surface area (Å²) < 4.78 is 2.15. The second-order valence-corrected chi connectivity index (χ2v) is 8.39. The number of rotatable bonds is 3. The molecule has 0 unspecified atom stereocenters. The van der Waals surface area contributed by atoms with Crippen LogP contribution in [0.1, 0.15) is 46.5 Å². The van der Waals surface area contributed by atoms with Crippen LogP contribution in [0, 0.1) is 6.92 Å². The van der Waals surface area contributed by atoms with Crippen LogP contribution < -0.4 is 5.73 Å². The molecule has 1 aliphatic heterocycles. The van der Waals surface area contributed by atoms with Crippen LogP contribution in [0.5, 0.6) is 0 Å². The van der Waals surface area contributed by atoms with E-state index in [1.165, 1.54) is 11.3 Å². The summed E-state index contributed by atoms with van der Waals surface area (Å²) in [7, 11) is 0. The predicted octanol–water partition coefficient (Wildman–Crippen LogP) is 4.56. The first kappa shape index (κ1) is 18.0. The van der Waals surface area contributed by atoms with E-state index in [-0.39, 0.29) is 12.0 Å². The molecule has 31 heavy (non-hydrogen) atoms. The number of allylic oxidation sites excluding steroid dienone is 1. The van der Waals surface area contributed by atoms with Gasteiger partial charge >= 0.3 is 0 Å². The summed E-state index contributed by atoms with van der Waals surface area (Å²) in [5.74, 6) is -0.168. The minimum atomic E-state index is -0.454. The lowest BCUT2D eigenvalue weighted by atomic mass is 9.90. The van der Waals surface area contributed by atoms with E-state index in [0.717, 1.165) is 52.0 Å². The molecule has 6 nitrogen and oxygen atoms in total. The molecular weight excluding hydrogens is 386 g/mol. The maximum Gasteiger partial charge on any atom is 0.248 e. The highest BCUT2D eigenvalue weighted by atomic mass is 16.1. The van der Waals surface area contributed by atoms with Gasteiger partial charge in [0.2, 0.25) is 5.91 Å². The first-order valence-electron chi connectivity index (χ1n) is 10.5. The Bertz CT molecular complexity index is 1420. The van der Waals surface area contributed by atoms with Crippen molar-refractivity contribution >= 4 is 16.8 Å². The molecule has 2 bridgehead atoms. The third-order valence-corrected chi connectivity index (χ3v) is 6.60. The molecule has 2 N–H and O–H groups in total. The summed E-state index contributed by atoms with van der Waals surface area (Å²) in [4.78, 5) is 21.1. The fourth-order valence-electron chi connectivity index (χ4n) is 5.18. The zero-order chi connectivity index (χ0) is 21.3. The number of aryl methyl sites for hydroxylation is 1. The summed E-state index contributed by atoms with van der Waals surface area (Å²) >= 11 is 0. The van der Waals surface area contributed by atoms with Crippen molar-refractivity contribution in [2.45, 2.75) is 31.7 Å². The van der Waals surface area contributed by atoms with Gasteiger partial charge in [-0.05, 0) is 67.3 Å². The number of primary amides is 1. The van der Waals surface area contributed by atoms with Crippen molar-refractivity contribution in [1.82, 2.24) is 19.7 Å². The first-order chi connectivity index (χ1) is 15.0. The molecule has 2 atom stereocenters. The quantitative estimate of drug-likeness (QED) is 0.505. The molecule has 152 valence electrons. The minimum Gasteiger partial charge on any atom is -0.366 e. The highest BCUT2D eigenvalue weighted by Crippen LogP contribution is 2.56. The Morgan fingerprint density at radius 1 is 1.19 bits per heavy atom. The fourth-order valence-corrected chi connectivity index (χ4v) is 5.18. The third-order valence-electron chi connectivity index (χ3n) is 6.60. The number of amides is 1. The summed E-state index contributed by atoms with van der Waals surface area (Å²) in [6.07, 6.45) is 3.96. The van der Waals surface area contributed by atoms with E-state index >= 15 is 0 Å². The second-order valence-electron chi connectivity index (χ2n) is 8.39. The summed E-state index contributed by atoms with van der Waals surface area (Å²) in [6, 6.07) is 13.6. The number of aromatic nitrogens is 4. The zero-order valence-electron chi connectivity index (χ0n) is 17.2. The van der Waals surface area contributed by atoms with E-state index in [4.69, 9.17) is 15.8 Å². The highest BCUT2D eigenvalue weighted by Gasteiger charge is 2.44. The number of nitrogens with two attached hydrogens (primary N) is 1. The van der Waals surface area contributed by atoms with E-state index in [2.05, 4.69) is 16.2 Å². The van der Waals surface area contributed by atoms with Gasteiger partial charge in [-0.25, -0.2) is 0 Å². The van der Waals surface area contributed by atoms with Gasteiger partial charge in [0.05, 0.1) is 22.9 Å². The van der Waals surface area contributed by atoms with Crippen molar-refractivity contribution in [3.63, 3.8) is 0 Å². The lowest BCUT2D eigenvalue weighted by molar-refractivity contribution is 0.100. The molecule has 6 heteroatoms. The van der Waals surface area contributed by atoms with Crippen molar-refractivity contribution in [3.05, 3.63) is 77.8 Å². The molecule has 1 aliphatic carbocycles. The average Bonchev–Trinajstić information content (AvgIpc) is 3.41. The Hall–Kier alpha value is -3.80. The number of carbonyl (C=O) groups is 1. The molecule has 1 aromatic carbocycles. The monoisotopic (exact) mass is 407 g/mol.